The van der Waals surface area contributed by atoms with Crippen LogP contribution < -0.4 is 10.1 Å². The van der Waals surface area contributed by atoms with E-state index in [9.17, 15) is 5.11 Å². The lowest BCUT2D eigenvalue weighted by molar-refractivity contribution is 0.120. The van der Waals surface area contributed by atoms with Crippen molar-refractivity contribution in [3.8, 4) is 5.75 Å². The summed E-state index contributed by atoms with van der Waals surface area (Å²) in [5, 5.41) is 17.6. The number of hydrogen-bond acceptors (Lipinski definition) is 4. The van der Waals surface area contributed by atoms with Crippen LogP contribution >= 0.6 is 0 Å². The van der Waals surface area contributed by atoms with Gasteiger partial charge in [0.25, 0.3) is 0 Å². The Kier molecular flexibility index (Phi) is 6.19. The molecule has 1 aromatic heterocycles. The largest absolute Gasteiger partial charge is 0.496 e. The third-order valence-electron chi connectivity index (χ3n) is 4.10. The van der Waals surface area contributed by atoms with Gasteiger partial charge in [0.05, 0.1) is 19.8 Å². The molecule has 0 aliphatic carbocycles. The molecular weight excluding hydrogens is 290 g/mol. The first-order chi connectivity index (χ1) is 11.0. The summed E-state index contributed by atoms with van der Waals surface area (Å²) in [6, 6.07) is 8.26. The molecule has 126 valence electrons. The van der Waals surface area contributed by atoms with Crippen LogP contribution in [0.4, 0.5) is 0 Å². The van der Waals surface area contributed by atoms with Gasteiger partial charge in [-0.15, -0.1) is 0 Å². The van der Waals surface area contributed by atoms with Crippen molar-refractivity contribution in [3.05, 3.63) is 47.8 Å². The highest BCUT2D eigenvalue weighted by Gasteiger charge is 2.13. The molecule has 0 saturated heterocycles. The summed E-state index contributed by atoms with van der Waals surface area (Å²) >= 11 is 0. The maximum absolute atomic E-state index is 9.94. The molecule has 2 atom stereocenters. The van der Waals surface area contributed by atoms with Crippen molar-refractivity contribution in [1.29, 1.82) is 0 Å². The molecule has 2 rings (SSSR count). The zero-order valence-corrected chi connectivity index (χ0v) is 14.4. The Hall–Kier alpha value is -1.85. The zero-order valence-electron chi connectivity index (χ0n) is 14.4. The second kappa shape index (κ2) is 8.13. The Morgan fingerprint density at radius 1 is 1.30 bits per heavy atom. The second-order valence-electron chi connectivity index (χ2n) is 6.22. The topological polar surface area (TPSA) is 59.3 Å². The summed E-state index contributed by atoms with van der Waals surface area (Å²) in [5.41, 5.74) is 2.26. The summed E-state index contributed by atoms with van der Waals surface area (Å²) in [7, 11) is 1.68. The molecule has 0 bridgehead atoms. The number of benzene rings is 1. The average Bonchev–Trinajstić information content (AvgIpc) is 3.05. The lowest BCUT2D eigenvalue weighted by Crippen LogP contribution is -2.32. The number of ether oxygens (including phenoxy) is 1. The second-order valence-corrected chi connectivity index (χ2v) is 6.22. The number of methoxy groups -OCH3 is 1. The molecule has 0 saturated carbocycles. The van der Waals surface area contributed by atoms with Gasteiger partial charge >= 0.3 is 0 Å². The number of hydrogen-bond donors (Lipinski definition) is 2. The van der Waals surface area contributed by atoms with Crippen LogP contribution in [0.15, 0.2) is 36.7 Å². The maximum Gasteiger partial charge on any atom is 0.123 e. The number of aromatic nitrogens is 2. The molecule has 2 unspecified atom stereocenters. The van der Waals surface area contributed by atoms with Crippen LogP contribution in [0, 0.1) is 5.92 Å². The third-order valence-corrected chi connectivity index (χ3v) is 4.10. The van der Waals surface area contributed by atoms with E-state index in [1.807, 2.05) is 36.9 Å². The normalized spacial score (nSPS) is 14.0. The van der Waals surface area contributed by atoms with E-state index >= 15 is 0 Å². The van der Waals surface area contributed by atoms with E-state index in [1.165, 1.54) is 5.56 Å². The Labute approximate surface area is 138 Å². The third kappa shape index (κ3) is 4.81. The number of nitrogens with one attached hydrogen (secondary N) is 1. The van der Waals surface area contributed by atoms with E-state index in [-0.39, 0.29) is 18.1 Å². The minimum atomic E-state index is -0.334. The first-order valence-electron chi connectivity index (χ1n) is 8.07. The molecule has 1 heterocycles. The minimum absolute atomic E-state index is 0.158. The van der Waals surface area contributed by atoms with E-state index < -0.39 is 0 Å². The van der Waals surface area contributed by atoms with Crippen molar-refractivity contribution < 1.29 is 9.84 Å². The highest BCUT2D eigenvalue weighted by Crippen LogP contribution is 2.24. The summed E-state index contributed by atoms with van der Waals surface area (Å²) in [5.74, 6) is 1.11. The summed E-state index contributed by atoms with van der Waals surface area (Å²) in [6.45, 7) is 7.40. The van der Waals surface area contributed by atoms with Gasteiger partial charge in [-0.1, -0.05) is 19.9 Å². The Morgan fingerprint density at radius 3 is 2.70 bits per heavy atom. The van der Waals surface area contributed by atoms with E-state index in [2.05, 4.69) is 29.5 Å². The molecule has 0 amide bonds. The molecule has 2 aromatic rings. The number of nitrogens with zero attached hydrogens (tertiary/aromatic N) is 2. The molecule has 5 nitrogen and oxygen atoms in total. The van der Waals surface area contributed by atoms with Crippen molar-refractivity contribution in [2.24, 2.45) is 5.92 Å². The number of rotatable bonds is 8. The van der Waals surface area contributed by atoms with Crippen molar-refractivity contribution in [3.63, 3.8) is 0 Å². The SMILES string of the molecule is COc1ccc(C(C)NCC(O)C(C)C)cc1Cn1cccn1. The molecule has 23 heavy (non-hydrogen) atoms. The average molecular weight is 317 g/mol. The maximum atomic E-state index is 9.94. The molecule has 0 radical (unpaired) electrons. The standard InChI is InChI=1S/C18H27N3O2/c1-13(2)17(22)11-19-14(3)15-6-7-18(23-4)16(10-15)12-21-9-5-8-20-21/h5-10,13-14,17,19,22H,11-12H2,1-4H3. The lowest BCUT2D eigenvalue weighted by Gasteiger charge is -2.20. The lowest BCUT2D eigenvalue weighted by atomic mass is 10.0. The predicted molar refractivity (Wildman–Crippen MR) is 91.6 cm³/mol. The van der Waals surface area contributed by atoms with Gasteiger partial charge in [0.1, 0.15) is 5.75 Å². The van der Waals surface area contributed by atoms with Gasteiger partial charge < -0.3 is 15.2 Å². The van der Waals surface area contributed by atoms with E-state index in [0.717, 1.165) is 11.3 Å². The zero-order chi connectivity index (χ0) is 16.8. The molecule has 0 fully saturated rings. The fourth-order valence-electron chi connectivity index (χ4n) is 2.41. The first kappa shape index (κ1) is 17.5. The molecule has 0 spiro atoms. The monoisotopic (exact) mass is 317 g/mol. The number of aliphatic hydroxyl groups is 1. The van der Waals surface area contributed by atoms with Gasteiger partial charge in [-0.25, -0.2) is 0 Å². The van der Waals surface area contributed by atoms with Crippen LogP contribution in [0.2, 0.25) is 0 Å². The van der Waals surface area contributed by atoms with E-state index in [0.29, 0.717) is 13.1 Å². The number of aliphatic hydroxyl groups excluding tert-OH is 1. The Balaban J connectivity index is 2.10. The van der Waals surface area contributed by atoms with Crippen molar-refractivity contribution in [2.75, 3.05) is 13.7 Å². The van der Waals surface area contributed by atoms with Gasteiger partial charge in [0.2, 0.25) is 0 Å². The fourth-order valence-corrected chi connectivity index (χ4v) is 2.41. The van der Waals surface area contributed by atoms with Crippen LogP contribution in [0.5, 0.6) is 5.75 Å². The van der Waals surface area contributed by atoms with E-state index in [1.54, 1.807) is 13.3 Å². The predicted octanol–water partition coefficient (Wildman–Crippen LogP) is 2.61. The first-order valence-corrected chi connectivity index (χ1v) is 8.07. The van der Waals surface area contributed by atoms with Gasteiger partial charge in [-0.2, -0.15) is 5.10 Å². The van der Waals surface area contributed by atoms with Gasteiger partial charge in [-0.3, -0.25) is 4.68 Å². The fraction of sp³-hybridized carbons (Fsp3) is 0.500. The molecule has 1 aromatic carbocycles. The van der Waals surface area contributed by atoms with Crippen LogP contribution in [0.3, 0.4) is 0 Å². The Bertz CT molecular complexity index is 596. The molecule has 0 aliphatic heterocycles. The summed E-state index contributed by atoms with van der Waals surface area (Å²) in [4.78, 5) is 0. The minimum Gasteiger partial charge on any atom is -0.496 e. The molecule has 2 N–H and O–H groups in total. The van der Waals surface area contributed by atoms with Gasteiger partial charge in [0.15, 0.2) is 0 Å². The van der Waals surface area contributed by atoms with Gasteiger partial charge in [-0.05, 0) is 36.6 Å². The van der Waals surface area contributed by atoms with Crippen LogP contribution in [-0.4, -0.2) is 34.6 Å². The van der Waals surface area contributed by atoms with Crippen molar-refractivity contribution >= 4 is 0 Å². The summed E-state index contributed by atoms with van der Waals surface area (Å²) < 4.78 is 7.33. The van der Waals surface area contributed by atoms with Crippen molar-refractivity contribution in [1.82, 2.24) is 15.1 Å². The Morgan fingerprint density at radius 2 is 2.09 bits per heavy atom. The van der Waals surface area contributed by atoms with Crippen LogP contribution in [0.1, 0.15) is 37.9 Å². The molecule has 5 heteroatoms. The quantitative estimate of drug-likeness (QED) is 0.786. The van der Waals surface area contributed by atoms with E-state index in [4.69, 9.17) is 4.74 Å². The van der Waals surface area contributed by atoms with Crippen LogP contribution in [-0.2, 0) is 6.54 Å². The van der Waals surface area contributed by atoms with Gasteiger partial charge in [0, 0.05) is 30.5 Å². The summed E-state index contributed by atoms with van der Waals surface area (Å²) in [6.07, 6.45) is 3.37. The highest BCUT2D eigenvalue weighted by atomic mass is 16.5. The van der Waals surface area contributed by atoms with Crippen LogP contribution in [0.25, 0.3) is 0 Å². The highest BCUT2D eigenvalue weighted by molar-refractivity contribution is 5.38. The van der Waals surface area contributed by atoms with Crippen molar-refractivity contribution in [2.45, 2.75) is 39.5 Å². The molecule has 0 aliphatic rings. The smallest absolute Gasteiger partial charge is 0.123 e. The molecular formula is C18H27N3O2.